The number of rotatable bonds is 6. The number of nitrogens with zero attached hydrogens (tertiary/aromatic N) is 1. The molecular formula is C10H14N4O5. The molecule has 9 nitrogen and oxygen atoms in total. The molecule has 0 bridgehead atoms. The summed E-state index contributed by atoms with van der Waals surface area (Å²) >= 11 is 0. The predicted molar refractivity (Wildman–Crippen MR) is 62.3 cm³/mol. The molecule has 19 heavy (non-hydrogen) atoms. The molecule has 1 unspecified atom stereocenters. The number of amides is 2. The molecule has 2 amide bonds. The lowest BCUT2D eigenvalue weighted by Gasteiger charge is -2.16. The zero-order chi connectivity index (χ0) is 14.4. The van der Waals surface area contributed by atoms with Crippen LogP contribution in [0.3, 0.4) is 0 Å². The summed E-state index contributed by atoms with van der Waals surface area (Å²) in [4.78, 5) is 39.4. The Labute approximate surface area is 108 Å². The minimum absolute atomic E-state index is 0.464. The number of hydrogen-bond donors (Lipinski definition) is 5. The molecule has 0 radical (unpaired) electrons. The molecule has 0 aliphatic carbocycles. The number of carbonyl (C=O) groups is 3. The van der Waals surface area contributed by atoms with E-state index >= 15 is 0 Å². The number of hydrogen-bond acceptors (Lipinski definition) is 4. The summed E-state index contributed by atoms with van der Waals surface area (Å²) in [6, 6.07) is -2.73. The molecule has 1 rings (SSSR count). The van der Waals surface area contributed by atoms with Crippen molar-refractivity contribution in [2.45, 2.75) is 25.4 Å². The Morgan fingerprint density at radius 1 is 1.37 bits per heavy atom. The number of carboxylic acids is 2. The Hall–Kier alpha value is -2.58. The number of urea groups is 1. The third-order valence-corrected chi connectivity index (χ3v) is 2.26. The molecule has 1 heterocycles. The second-order valence-corrected chi connectivity index (χ2v) is 3.80. The fraction of sp³-hybridized carbons (Fsp3) is 0.400. The van der Waals surface area contributed by atoms with Crippen LogP contribution in [0.25, 0.3) is 0 Å². The minimum Gasteiger partial charge on any atom is -0.481 e. The van der Waals surface area contributed by atoms with Crippen molar-refractivity contribution in [2.75, 3.05) is 0 Å². The Morgan fingerprint density at radius 2 is 2.05 bits per heavy atom. The topological polar surface area (TPSA) is 144 Å². The van der Waals surface area contributed by atoms with Crippen LogP contribution in [0, 0.1) is 0 Å². The summed E-state index contributed by atoms with van der Waals surface area (Å²) in [7, 11) is 0. The fourth-order valence-corrected chi connectivity index (χ4v) is 1.35. The number of carboxylic acid groups (broad SMARTS) is 2. The van der Waals surface area contributed by atoms with Gasteiger partial charge in [-0.2, -0.15) is 0 Å². The van der Waals surface area contributed by atoms with Gasteiger partial charge in [0, 0.05) is 12.4 Å². The van der Waals surface area contributed by atoms with Gasteiger partial charge in [-0.15, -0.1) is 0 Å². The van der Waals surface area contributed by atoms with Crippen molar-refractivity contribution in [3.8, 4) is 0 Å². The second kappa shape index (κ2) is 6.38. The van der Waals surface area contributed by atoms with Crippen LogP contribution in [0.4, 0.5) is 4.79 Å². The van der Waals surface area contributed by atoms with E-state index in [9.17, 15) is 14.4 Å². The Bertz CT molecular complexity index is 458. The highest BCUT2D eigenvalue weighted by Crippen LogP contribution is 2.04. The van der Waals surface area contributed by atoms with Crippen LogP contribution in [-0.2, 0) is 9.59 Å². The highest BCUT2D eigenvalue weighted by molar-refractivity contribution is 5.86. The van der Waals surface area contributed by atoms with Crippen molar-refractivity contribution in [1.82, 2.24) is 20.6 Å². The third-order valence-electron chi connectivity index (χ3n) is 2.26. The van der Waals surface area contributed by atoms with Gasteiger partial charge in [-0.3, -0.25) is 4.79 Å². The summed E-state index contributed by atoms with van der Waals surface area (Å²) in [5, 5.41) is 21.8. The molecular weight excluding hydrogens is 256 g/mol. The van der Waals surface area contributed by atoms with Gasteiger partial charge in [-0.05, 0) is 6.92 Å². The lowest BCUT2D eigenvalue weighted by molar-refractivity contribution is -0.145. The molecule has 1 aromatic rings. The number of imidazole rings is 1. The first-order valence-electron chi connectivity index (χ1n) is 5.41. The largest absolute Gasteiger partial charge is 0.481 e. The van der Waals surface area contributed by atoms with E-state index in [1.54, 1.807) is 13.1 Å². The van der Waals surface area contributed by atoms with Gasteiger partial charge < -0.3 is 25.8 Å². The van der Waals surface area contributed by atoms with Gasteiger partial charge in [0.2, 0.25) is 0 Å². The monoisotopic (exact) mass is 270 g/mol. The van der Waals surface area contributed by atoms with Gasteiger partial charge >= 0.3 is 18.0 Å². The standard InChI is InChI=1S/C10H14N4O5/c1-5(8-11-2-3-12-8)13-10(19)14-6(9(17)18)4-7(15)16/h2-3,5-6H,4H2,1H3,(H,11,12)(H,15,16)(H,17,18)(H2,13,14,19)/t5?,6-/m0/s1. The molecule has 104 valence electrons. The van der Waals surface area contributed by atoms with Gasteiger partial charge in [0.1, 0.15) is 11.9 Å². The van der Waals surface area contributed by atoms with E-state index in [2.05, 4.69) is 20.6 Å². The molecule has 0 aliphatic heterocycles. The Balaban J connectivity index is 2.53. The molecule has 2 atom stereocenters. The van der Waals surface area contributed by atoms with E-state index in [0.717, 1.165) is 0 Å². The van der Waals surface area contributed by atoms with E-state index in [0.29, 0.717) is 5.82 Å². The number of nitrogens with one attached hydrogen (secondary N) is 3. The molecule has 0 aromatic carbocycles. The Kier molecular flexibility index (Phi) is 4.86. The molecule has 0 aliphatic rings. The average molecular weight is 270 g/mol. The van der Waals surface area contributed by atoms with E-state index in [4.69, 9.17) is 10.2 Å². The molecule has 5 N–H and O–H groups in total. The van der Waals surface area contributed by atoms with E-state index < -0.39 is 36.5 Å². The van der Waals surface area contributed by atoms with Gasteiger partial charge in [0.25, 0.3) is 0 Å². The average Bonchev–Trinajstić information content (AvgIpc) is 2.80. The summed E-state index contributed by atoms with van der Waals surface area (Å²) in [5.74, 6) is -2.23. The van der Waals surface area contributed by atoms with Crippen LogP contribution in [0.2, 0.25) is 0 Å². The van der Waals surface area contributed by atoms with Crippen LogP contribution >= 0.6 is 0 Å². The van der Waals surface area contributed by atoms with Crippen LogP contribution in [0.15, 0.2) is 12.4 Å². The van der Waals surface area contributed by atoms with Crippen LogP contribution in [0.5, 0.6) is 0 Å². The van der Waals surface area contributed by atoms with Crippen molar-refractivity contribution in [1.29, 1.82) is 0 Å². The first kappa shape index (κ1) is 14.5. The lowest BCUT2D eigenvalue weighted by atomic mass is 10.2. The summed E-state index contributed by atoms with van der Waals surface area (Å²) in [6.45, 7) is 1.64. The highest BCUT2D eigenvalue weighted by atomic mass is 16.4. The SMILES string of the molecule is CC(NC(=O)N[C@@H](CC(=O)O)C(=O)O)c1ncc[nH]1. The smallest absolute Gasteiger partial charge is 0.326 e. The highest BCUT2D eigenvalue weighted by Gasteiger charge is 2.23. The van der Waals surface area contributed by atoms with Crippen molar-refractivity contribution in [2.24, 2.45) is 0 Å². The van der Waals surface area contributed by atoms with Crippen molar-refractivity contribution in [3.63, 3.8) is 0 Å². The van der Waals surface area contributed by atoms with Crippen molar-refractivity contribution in [3.05, 3.63) is 18.2 Å². The van der Waals surface area contributed by atoms with Crippen LogP contribution in [-0.4, -0.2) is 44.2 Å². The van der Waals surface area contributed by atoms with E-state index in [1.807, 2.05) is 0 Å². The Morgan fingerprint density at radius 3 is 2.53 bits per heavy atom. The summed E-state index contributed by atoms with van der Waals surface area (Å²) in [6.07, 6.45) is 2.39. The number of carbonyl (C=O) groups excluding carboxylic acids is 1. The maximum absolute atomic E-state index is 11.5. The minimum atomic E-state index is -1.48. The summed E-state index contributed by atoms with van der Waals surface area (Å²) < 4.78 is 0. The number of aliphatic carboxylic acids is 2. The van der Waals surface area contributed by atoms with Gasteiger partial charge in [0.05, 0.1) is 12.5 Å². The quantitative estimate of drug-likeness (QED) is 0.480. The normalized spacial score (nSPS) is 13.3. The second-order valence-electron chi connectivity index (χ2n) is 3.80. The van der Waals surface area contributed by atoms with E-state index in [-0.39, 0.29) is 0 Å². The third kappa shape index (κ3) is 4.66. The first-order chi connectivity index (χ1) is 8.90. The predicted octanol–water partition coefficient (Wildman–Crippen LogP) is -0.302. The zero-order valence-electron chi connectivity index (χ0n) is 10.1. The van der Waals surface area contributed by atoms with Crippen molar-refractivity contribution < 1.29 is 24.6 Å². The molecule has 0 saturated heterocycles. The maximum Gasteiger partial charge on any atom is 0.326 e. The first-order valence-corrected chi connectivity index (χ1v) is 5.41. The lowest BCUT2D eigenvalue weighted by Crippen LogP contribution is -2.47. The molecule has 0 fully saturated rings. The van der Waals surface area contributed by atoms with Gasteiger partial charge in [-0.25, -0.2) is 14.6 Å². The number of aromatic amines is 1. The van der Waals surface area contributed by atoms with Gasteiger partial charge in [-0.1, -0.05) is 0 Å². The van der Waals surface area contributed by atoms with E-state index in [1.165, 1.54) is 6.20 Å². The number of H-pyrrole nitrogens is 1. The van der Waals surface area contributed by atoms with Crippen LogP contribution < -0.4 is 10.6 Å². The number of aromatic nitrogens is 2. The fourth-order valence-electron chi connectivity index (χ4n) is 1.35. The molecule has 1 aromatic heterocycles. The molecule has 0 spiro atoms. The summed E-state index contributed by atoms with van der Waals surface area (Å²) in [5.41, 5.74) is 0. The molecule has 0 saturated carbocycles. The molecule has 9 heteroatoms. The van der Waals surface area contributed by atoms with Gasteiger partial charge in [0.15, 0.2) is 0 Å². The maximum atomic E-state index is 11.5. The zero-order valence-corrected chi connectivity index (χ0v) is 10.1. The van der Waals surface area contributed by atoms with Crippen molar-refractivity contribution >= 4 is 18.0 Å². The van der Waals surface area contributed by atoms with Crippen LogP contribution in [0.1, 0.15) is 25.2 Å².